The lowest BCUT2D eigenvalue weighted by Gasteiger charge is -2.29. The number of hydrogen-bond donors (Lipinski definition) is 0. The minimum absolute atomic E-state index is 0.156. The zero-order valence-electron chi connectivity index (χ0n) is 12.8. The molecule has 0 bridgehead atoms. The summed E-state index contributed by atoms with van der Waals surface area (Å²) in [6, 6.07) is 8.26. The number of benzene rings is 1. The van der Waals surface area contributed by atoms with Gasteiger partial charge in [-0.3, -0.25) is 9.48 Å². The van der Waals surface area contributed by atoms with Gasteiger partial charge in [0.15, 0.2) is 0 Å². The summed E-state index contributed by atoms with van der Waals surface area (Å²) in [7, 11) is 0. The van der Waals surface area contributed by atoms with Gasteiger partial charge in [0, 0.05) is 17.9 Å². The topological polar surface area (TPSA) is 38.1 Å². The molecule has 0 N–H and O–H groups in total. The minimum atomic E-state index is 0.156. The first kappa shape index (κ1) is 13.6. The number of rotatable bonds is 2. The highest BCUT2D eigenvalue weighted by molar-refractivity contribution is 5.94. The van der Waals surface area contributed by atoms with Crippen LogP contribution < -0.4 is 4.90 Å². The summed E-state index contributed by atoms with van der Waals surface area (Å²) < 4.78 is 1.92. The zero-order valence-corrected chi connectivity index (χ0v) is 12.8. The van der Waals surface area contributed by atoms with Crippen LogP contribution >= 0.6 is 0 Å². The highest BCUT2D eigenvalue weighted by atomic mass is 16.2. The molecule has 0 unspecified atom stereocenters. The summed E-state index contributed by atoms with van der Waals surface area (Å²) >= 11 is 0. The number of hydrogen-bond acceptors (Lipinski definition) is 2. The van der Waals surface area contributed by atoms with Crippen molar-refractivity contribution in [2.24, 2.45) is 0 Å². The third-order valence-electron chi connectivity index (χ3n) is 4.84. The van der Waals surface area contributed by atoms with Crippen molar-refractivity contribution in [1.29, 1.82) is 0 Å². The molecule has 1 aromatic carbocycles. The van der Waals surface area contributed by atoms with E-state index in [1.54, 1.807) is 0 Å². The predicted molar refractivity (Wildman–Crippen MR) is 86.0 cm³/mol. The Labute approximate surface area is 130 Å². The molecule has 2 aliphatic rings. The fourth-order valence-corrected chi connectivity index (χ4v) is 3.70. The summed E-state index contributed by atoms with van der Waals surface area (Å²) in [5, 5.41) is 4.46. The lowest BCUT2D eigenvalue weighted by Crippen LogP contribution is -2.38. The first-order valence-corrected chi connectivity index (χ1v) is 8.25. The third-order valence-corrected chi connectivity index (χ3v) is 4.84. The van der Waals surface area contributed by atoms with Gasteiger partial charge in [-0.2, -0.15) is 5.10 Å². The Bertz CT molecular complexity index is 704. The second-order valence-corrected chi connectivity index (χ2v) is 6.26. The van der Waals surface area contributed by atoms with Gasteiger partial charge in [-0.1, -0.05) is 18.2 Å². The van der Waals surface area contributed by atoms with Crippen molar-refractivity contribution < 1.29 is 4.79 Å². The molecule has 4 rings (SSSR count). The second kappa shape index (κ2) is 5.59. The molecular weight excluding hydrogens is 274 g/mol. The summed E-state index contributed by atoms with van der Waals surface area (Å²) in [4.78, 5) is 14.7. The van der Waals surface area contributed by atoms with E-state index in [4.69, 9.17) is 0 Å². The monoisotopic (exact) mass is 295 g/mol. The maximum atomic E-state index is 12.8. The summed E-state index contributed by atoms with van der Waals surface area (Å²) in [5.74, 6) is 0.156. The summed E-state index contributed by atoms with van der Waals surface area (Å²) in [5.41, 5.74) is 4.97. The summed E-state index contributed by atoms with van der Waals surface area (Å²) in [6.45, 7) is 1.18. The fourth-order valence-electron chi connectivity index (χ4n) is 3.70. The highest BCUT2D eigenvalue weighted by Crippen LogP contribution is 2.27. The molecule has 4 heteroatoms. The fraction of sp³-hybridized carbons (Fsp3) is 0.444. The van der Waals surface area contributed by atoms with Crippen LogP contribution in [-0.2, 0) is 30.6 Å². The molecule has 2 aromatic rings. The normalized spacial score (nSPS) is 17.0. The van der Waals surface area contributed by atoms with Crippen molar-refractivity contribution in [3.8, 4) is 0 Å². The maximum absolute atomic E-state index is 12.8. The van der Waals surface area contributed by atoms with Crippen molar-refractivity contribution in [3.63, 3.8) is 0 Å². The molecule has 2 heterocycles. The number of anilines is 1. The van der Waals surface area contributed by atoms with Gasteiger partial charge in [-0.25, -0.2) is 0 Å². The number of aromatic nitrogens is 2. The van der Waals surface area contributed by atoms with Crippen LogP contribution in [-0.4, -0.2) is 22.2 Å². The molecule has 4 nitrogen and oxygen atoms in total. The number of nitrogens with zero attached hydrogens (tertiary/aromatic N) is 3. The molecule has 0 fully saturated rings. The van der Waals surface area contributed by atoms with E-state index in [-0.39, 0.29) is 5.91 Å². The molecule has 22 heavy (non-hydrogen) atoms. The van der Waals surface area contributed by atoms with E-state index in [2.05, 4.69) is 23.3 Å². The number of amides is 1. The van der Waals surface area contributed by atoms with Crippen LogP contribution in [0.5, 0.6) is 0 Å². The average molecular weight is 295 g/mol. The second-order valence-electron chi connectivity index (χ2n) is 6.26. The van der Waals surface area contributed by atoms with E-state index in [9.17, 15) is 4.79 Å². The largest absolute Gasteiger partial charge is 0.311 e. The number of para-hydroxylation sites is 1. The van der Waals surface area contributed by atoms with Crippen molar-refractivity contribution >= 4 is 11.6 Å². The minimum Gasteiger partial charge on any atom is -0.311 e. The standard InChI is InChI=1S/C18H21N3O/c22-18(13-21-17-10-4-2-7-15(17)12-19-21)20-11-5-8-14-6-1-3-9-16(14)20/h1,3,6,9,12H,2,4-5,7-8,10-11,13H2. The lowest BCUT2D eigenvalue weighted by atomic mass is 9.98. The maximum Gasteiger partial charge on any atom is 0.248 e. The van der Waals surface area contributed by atoms with Crippen LogP contribution in [0.3, 0.4) is 0 Å². The van der Waals surface area contributed by atoms with E-state index in [0.29, 0.717) is 6.54 Å². The van der Waals surface area contributed by atoms with Crippen molar-refractivity contribution in [3.05, 3.63) is 47.3 Å². The number of fused-ring (bicyclic) bond motifs is 2. The Balaban J connectivity index is 1.57. The van der Waals surface area contributed by atoms with E-state index >= 15 is 0 Å². The van der Waals surface area contributed by atoms with Gasteiger partial charge in [0.1, 0.15) is 6.54 Å². The molecule has 1 aliphatic carbocycles. The quantitative estimate of drug-likeness (QED) is 0.854. The molecular formula is C18H21N3O. The van der Waals surface area contributed by atoms with Crippen molar-refractivity contribution in [2.75, 3.05) is 11.4 Å². The third kappa shape index (κ3) is 2.32. The van der Waals surface area contributed by atoms with Crippen LogP contribution in [0.4, 0.5) is 5.69 Å². The Hall–Kier alpha value is -2.10. The summed E-state index contributed by atoms with van der Waals surface area (Å²) in [6.07, 6.45) is 8.67. The highest BCUT2D eigenvalue weighted by Gasteiger charge is 2.24. The molecule has 0 radical (unpaired) electrons. The number of aryl methyl sites for hydroxylation is 2. The van der Waals surface area contributed by atoms with Crippen LogP contribution in [0.2, 0.25) is 0 Å². The Morgan fingerprint density at radius 1 is 1.05 bits per heavy atom. The zero-order chi connectivity index (χ0) is 14.9. The van der Waals surface area contributed by atoms with Gasteiger partial charge in [-0.05, 0) is 55.7 Å². The Morgan fingerprint density at radius 3 is 2.82 bits per heavy atom. The lowest BCUT2D eigenvalue weighted by molar-refractivity contribution is -0.119. The first-order valence-electron chi connectivity index (χ1n) is 8.25. The van der Waals surface area contributed by atoms with Gasteiger partial charge in [0.05, 0.1) is 6.20 Å². The average Bonchev–Trinajstić information content (AvgIpc) is 2.97. The van der Waals surface area contributed by atoms with Gasteiger partial charge < -0.3 is 4.90 Å². The molecule has 0 saturated carbocycles. The number of carbonyl (C=O) groups is 1. The van der Waals surface area contributed by atoms with E-state index < -0.39 is 0 Å². The molecule has 0 spiro atoms. The molecule has 0 saturated heterocycles. The van der Waals surface area contributed by atoms with Gasteiger partial charge in [-0.15, -0.1) is 0 Å². The van der Waals surface area contributed by atoms with Crippen molar-refractivity contribution in [1.82, 2.24) is 9.78 Å². The Kier molecular flexibility index (Phi) is 3.45. The SMILES string of the molecule is O=C(Cn1ncc2c1CCCC2)N1CCCc2ccccc21. The first-order chi connectivity index (χ1) is 10.8. The smallest absolute Gasteiger partial charge is 0.248 e. The van der Waals surface area contributed by atoms with Crippen LogP contribution in [0.15, 0.2) is 30.5 Å². The van der Waals surface area contributed by atoms with E-state index in [1.807, 2.05) is 21.8 Å². The van der Waals surface area contributed by atoms with E-state index in [0.717, 1.165) is 37.9 Å². The molecule has 1 amide bonds. The molecule has 0 atom stereocenters. The van der Waals surface area contributed by atoms with Gasteiger partial charge >= 0.3 is 0 Å². The van der Waals surface area contributed by atoms with Gasteiger partial charge in [0.25, 0.3) is 0 Å². The molecule has 114 valence electrons. The van der Waals surface area contributed by atoms with Crippen LogP contribution in [0.1, 0.15) is 36.1 Å². The Morgan fingerprint density at radius 2 is 1.86 bits per heavy atom. The van der Waals surface area contributed by atoms with Crippen molar-refractivity contribution in [2.45, 2.75) is 45.1 Å². The molecule has 1 aliphatic heterocycles. The predicted octanol–water partition coefficient (Wildman–Crippen LogP) is 2.74. The van der Waals surface area contributed by atoms with Crippen LogP contribution in [0, 0.1) is 0 Å². The molecule has 1 aromatic heterocycles. The van der Waals surface area contributed by atoms with Gasteiger partial charge in [0.2, 0.25) is 5.91 Å². The number of carbonyl (C=O) groups excluding carboxylic acids is 1. The van der Waals surface area contributed by atoms with Crippen LogP contribution in [0.25, 0.3) is 0 Å². The van der Waals surface area contributed by atoms with E-state index in [1.165, 1.54) is 29.7 Å².